The number of halogens is 1. The Hall–Kier alpha value is -2.12. The van der Waals surface area contributed by atoms with Gasteiger partial charge in [0.25, 0.3) is 0 Å². The molecule has 1 aromatic heterocycles. The molecule has 2 aromatic carbocycles. The summed E-state index contributed by atoms with van der Waals surface area (Å²) >= 11 is 5.02. The molecule has 2 heterocycles. The molecule has 5 rings (SSSR count). The van der Waals surface area contributed by atoms with Crippen LogP contribution in [0, 0.1) is 0 Å². The van der Waals surface area contributed by atoms with Crippen LogP contribution in [0.25, 0.3) is 11.4 Å². The third kappa shape index (κ3) is 3.49. The number of aryl methyl sites for hydroxylation is 1. The van der Waals surface area contributed by atoms with Crippen molar-refractivity contribution in [3.8, 4) is 11.4 Å². The Labute approximate surface area is 176 Å². The highest BCUT2D eigenvalue weighted by molar-refractivity contribution is 9.10. The minimum Gasteiger partial charge on any atom is -0.325 e. The maximum atomic E-state index is 12.8. The number of rotatable bonds is 4. The Kier molecular flexibility index (Phi) is 4.72. The molecule has 0 saturated heterocycles. The Morgan fingerprint density at radius 1 is 1.04 bits per heavy atom. The number of amides is 1. The summed E-state index contributed by atoms with van der Waals surface area (Å²) < 4.78 is 3.26. The summed E-state index contributed by atoms with van der Waals surface area (Å²) in [5.41, 5.74) is 3.17. The maximum Gasteiger partial charge on any atom is 0.237 e. The summed E-state index contributed by atoms with van der Waals surface area (Å²) in [6.07, 6.45) is 3.94. The molecule has 0 unspecified atom stereocenters. The summed E-state index contributed by atoms with van der Waals surface area (Å²) in [6, 6.07) is 16.6. The van der Waals surface area contributed by atoms with Crippen molar-refractivity contribution in [1.82, 2.24) is 14.8 Å². The number of nitrogens with zero attached hydrogens (tertiary/aromatic N) is 3. The van der Waals surface area contributed by atoms with E-state index >= 15 is 0 Å². The number of carbonyl (C=O) groups excluding carboxylic acids is 1. The van der Waals surface area contributed by atoms with E-state index in [0.717, 1.165) is 52.4 Å². The van der Waals surface area contributed by atoms with Gasteiger partial charge in [-0.25, -0.2) is 0 Å². The number of benzene rings is 2. The first kappa shape index (κ1) is 17.9. The molecule has 142 valence electrons. The van der Waals surface area contributed by atoms with Crippen molar-refractivity contribution in [2.75, 3.05) is 5.32 Å². The van der Waals surface area contributed by atoms with Gasteiger partial charge in [-0.15, -0.1) is 10.2 Å². The number of hydrogen-bond donors (Lipinski definition) is 1. The minimum absolute atomic E-state index is 0.0467. The fourth-order valence-electron chi connectivity index (χ4n) is 3.55. The third-order valence-electron chi connectivity index (χ3n) is 5.17. The molecule has 28 heavy (non-hydrogen) atoms. The first-order chi connectivity index (χ1) is 13.7. The van der Waals surface area contributed by atoms with Crippen LogP contribution in [-0.4, -0.2) is 25.9 Å². The van der Waals surface area contributed by atoms with Crippen LogP contribution in [0.2, 0.25) is 0 Å². The summed E-state index contributed by atoms with van der Waals surface area (Å²) in [5.74, 6) is 0.931. The van der Waals surface area contributed by atoms with Crippen molar-refractivity contribution in [2.45, 2.75) is 42.1 Å². The SMILES string of the molecule is O=C1Nc2ccccc2CC[C@@H]1Sc1nnc(-c2ccc(Br)cc2)n1C1CC1. The fourth-order valence-corrected chi connectivity index (χ4v) is 4.90. The molecule has 1 saturated carbocycles. The van der Waals surface area contributed by atoms with Crippen molar-refractivity contribution in [2.24, 2.45) is 0 Å². The van der Waals surface area contributed by atoms with Crippen LogP contribution in [-0.2, 0) is 11.2 Å². The second-order valence-electron chi connectivity index (χ2n) is 7.21. The predicted octanol–water partition coefficient (Wildman–Crippen LogP) is 5.09. The van der Waals surface area contributed by atoms with E-state index in [0.29, 0.717) is 6.04 Å². The van der Waals surface area contributed by atoms with Gasteiger partial charge < -0.3 is 5.32 Å². The topological polar surface area (TPSA) is 59.8 Å². The lowest BCUT2D eigenvalue weighted by Gasteiger charge is -2.14. The van der Waals surface area contributed by atoms with Gasteiger partial charge in [-0.1, -0.05) is 58.0 Å². The zero-order valence-electron chi connectivity index (χ0n) is 15.1. The standard InChI is InChI=1S/C21H19BrN4OS/c22-15-8-5-14(6-9-15)19-24-25-21(26(19)16-10-11-16)28-18-12-7-13-3-1-2-4-17(13)23-20(18)27/h1-6,8-9,16,18H,7,10-12H2,(H,23,27)/t18-/m0/s1. The number of carbonyl (C=O) groups is 1. The zero-order chi connectivity index (χ0) is 19.1. The van der Waals surface area contributed by atoms with Gasteiger partial charge in [0.05, 0.1) is 5.25 Å². The first-order valence-electron chi connectivity index (χ1n) is 9.45. The molecule has 1 aliphatic heterocycles. The van der Waals surface area contributed by atoms with Gasteiger partial charge >= 0.3 is 0 Å². The van der Waals surface area contributed by atoms with Gasteiger partial charge in [-0.3, -0.25) is 9.36 Å². The van der Waals surface area contributed by atoms with Gasteiger partial charge in [-0.05, 0) is 49.4 Å². The van der Waals surface area contributed by atoms with Gasteiger partial charge in [0.15, 0.2) is 11.0 Å². The molecule has 3 aromatic rings. The van der Waals surface area contributed by atoms with Gasteiger partial charge in [0.2, 0.25) is 5.91 Å². The van der Waals surface area contributed by atoms with E-state index in [-0.39, 0.29) is 11.2 Å². The third-order valence-corrected chi connectivity index (χ3v) is 6.92. The molecule has 5 nitrogen and oxygen atoms in total. The monoisotopic (exact) mass is 454 g/mol. The summed E-state index contributed by atoms with van der Waals surface area (Å²) in [5, 5.41) is 12.7. The van der Waals surface area contributed by atoms with E-state index in [2.05, 4.69) is 54.2 Å². The molecule has 0 bridgehead atoms. The lowest BCUT2D eigenvalue weighted by Crippen LogP contribution is -2.24. The van der Waals surface area contributed by atoms with Crippen molar-refractivity contribution < 1.29 is 4.79 Å². The van der Waals surface area contributed by atoms with Crippen LogP contribution in [0.3, 0.4) is 0 Å². The molecule has 1 aliphatic carbocycles. The quantitative estimate of drug-likeness (QED) is 0.596. The highest BCUT2D eigenvalue weighted by atomic mass is 79.9. The average Bonchev–Trinajstić information content (AvgIpc) is 3.48. The highest BCUT2D eigenvalue weighted by Gasteiger charge is 2.33. The molecular formula is C21H19BrN4OS. The zero-order valence-corrected chi connectivity index (χ0v) is 17.5. The first-order valence-corrected chi connectivity index (χ1v) is 11.1. The number of fused-ring (bicyclic) bond motifs is 1. The molecule has 1 amide bonds. The van der Waals surface area contributed by atoms with Crippen molar-refractivity contribution in [1.29, 1.82) is 0 Å². The molecule has 7 heteroatoms. The van der Waals surface area contributed by atoms with Gasteiger partial charge in [0.1, 0.15) is 0 Å². The van der Waals surface area contributed by atoms with Crippen LogP contribution in [0.5, 0.6) is 0 Å². The second kappa shape index (κ2) is 7.37. The highest BCUT2D eigenvalue weighted by Crippen LogP contribution is 2.42. The second-order valence-corrected chi connectivity index (χ2v) is 9.29. The van der Waals surface area contributed by atoms with E-state index in [9.17, 15) is 4.79 Å². The number of hydrogen-bond acceptors (Lipinski definition) is 4. The molecule has 1 fully saturated rings. The van der Waals surface area contributed by atoms with Crippen LogP contribution in [0.1, 0.15) is 30.9 Å². The number of para-hydroxylation sites is 1. The Bertz CT molecular complexity index is 1030. The van der Waals surface area contributed by atoms with Gasteiger partial charge in [-0.2, -0.15) is 0 Å². The molecule has 0 spiro atoms. The molecule has 0 radical (unpaired) electrons. The van der Waals surface area contributed by atoms with E-state index in [4.69, 9.17) is 0 Å². The minimum atomic E-state index is -0.174. The lowest BCUT2D eigenvalue weighted by molar-refractivity contribution is -0.115. The molecular weight excluding hydrogens is 436 g/mol. The summed E-state index contributed by atoms with van der Waals surface area (Å²) in [7, 11) is 0. The number of nitrogens with one attached hydrogen (secondary N) is 1. The normalized spacial score (nSPS) is 19.0. The average molecular weight is 455 g/mol. The van der Waals surface area contributed by atoms with Gasteiger partial charge in [0, 0.05) is 21.8 Å². The molecule has 2 aliphatic rings. The molecule has 1 N–H and O–H groups in total. The van der Waals surface area contributed by atoms with Crippen molar-refractivity contribution >= 4 is 39.3 Å². The van der Waals surface area contributed by atoms with Crippen LogP contribution in [0.15, 0.2) is 58.2 Å². The van der Waals surface area contributed by atoms with Crippen LogP contribution in [0.4, 0.5) is 5.69 Å². The van der Waals surface area contributed by atoms with E-state index < -0.39 is 0 Å². The largest absolute Gasteiger partial charge is 0.325 e. The van der Waals surface area contributed by atoms with E-state index in [1.807, 2.05) is 30.3 Å². The predicted molar refractivity (Wildman–Crippen MR) is 114 cm³/mol. The van der Waals surface area contributed by atoms with E-state index in [1.54, 1.807) is 0 Å². The van der Waals surface area contributed by atoms with Crippen molar-refractivity contribution in [3.05, 3.63) is 58.6 Å². The van der Waals surface area contributed by atoms with Crippen LogP contribution >= 0.6 is 27.7 Å². The fraction of sp³-hybridized carbons (Fsp3) is 0.286. The maximum absolute atomic E-state index is 12.8. The van der Waals surface area contributed by atoms with Crippen LogP contribution < -0.4 is 5.32 Å². The molecule has 1 atom stereocenters. The Morgan fingerprint density at radius 3 is 2.61 bits per heavy atom. The number of thioether (sulfide) groups is 1. The van der Waals surface area contributed by atoms with E-state index in [1.165, 1.54) is 17.3 Å². The number of anilines is 1. The Morgan fingerprint density at radius 2 is 1.82 bits per heavy atom. The Balaban J connectivity index is 1.43. The lowest BCUT2D eigenvalue weighted by atomic mass is 10.1. The summed E-state index contributed by atoms with van der Waals surface area (Å²) in [4.78, 5) is 12.8. The summed E-state index contributed by atoms with van der Waals surface area (Å²) in [6.45, 7) is 0. The smallest absolute Gasteiger partial charge is 0.237 e. The number of aromatic nitrogens is 3. The van der Waals surface area contributed by atoms with Crippen molar-refractivity contribution in [3.63, 3.8) is 0 Å².